The highest BCUT2D eigenvalue weighted by Gasteiger charge is 2.36. The molecule has 0 aliphatic carbocycles. The molecule has 0 spiro atoms. The summed E-state index contributed by atoms with van der Waals surface area (Å²) in [4.78, 5) is 0.964. The van der Waals surface area contributed by atoms with Gasteiger partial charge in [-0.05, 0) is 32.0 Å². The molecule has 2 heterocycles. The summed E-state index contributed by atoms with van der Waals surface area (Å²) in [5.74, 6) is 0. The third kappa shape index (κ3) is 3.21. The molecule has 0 radical (unpaired) electrons. The van der Waals surface area contributed by atoms with E-state index in [0.717, 1.165) is 4.88 Å². The number of morpholine rings is 1. The molecule has 0 aromatic carbocycles. The lowest BCUT2D eigenvalue weighted by Crippen LogP contribution is -2.51. The first-order valence-electron chi connectivity index (χ1n) is 6.52. The molecule has 1 aliphatic heterocycles. The van der Waals surface area contributed by atoms with Crippen LogP contribution in [0.1, 0.15) is 11.8 Å². The fourth-order valence-corrected chi connectivity index (χ4v) is 5.27. The molecule has 1 aromatic heterocycles. The molecule has 6 nitrogen and oxygen atoms in total. The monoisotopic (exact) mass is 320 g/mol. The lowest BCUT2D eigenvalue weighted by atomic mass is 10.2. The Morgan fingerprint density at radius 3 is 2.95 bits per heavy atom. The first-order valence-corrected chi connectivity index (χ1v) is 8.77. The molecule has 20 heavy (non-hydrogen) atoms. The fourth-order valence-electron chi connectivity index (χ4n) is 2.13. The summed E-state index contributed by atoms with van der Waals surface area (Å²) < 4.78 is 32.4. The molecule has 0 bridgehead atoms. The summed E-state index contributed by atoms with van der Waals surface area (Å²) in [6.45, 7) is 2.61. The second-order valence-electron chi connectivity index (χ2n) is 4.82. The SMILES string of the molecule is CC1COC(CO)CN1S(=O)(=O)c1ccc(CCN)s1. The van der Waals surface area contributed by atoms with Gasteiger partial charge < -0.3 is 15.6 Å². The van der Waals surface area contributed by atoms with Gasteiger partial charge in [-0.15, -0.1) is 11.3 Å². The number of sulfonamides is 1. The third-order valence-electron chi connectivity index (χ3n) is 3.24. The second kappa shape index (κ2) is 6.50. The van der Waals surface area contributed by atoms with Crippen molar-refractivity contribution in [2.24, 2.45) is 5.73 Å². The number of ether oxygens (including phenoxy) is 1. The second-order valence-corrected chi connectivity index (χ2v) is 8.11. The van der Waals surface area contributed by atoms with E-state index in [2.05, 4.69) is 0 Å². The minimum absolute atomic E-state index is 0.179. The van der Waals surface area contributed by atoms with E-state index < -0.39 is 16.1 Å². The third-order valence-corrected chi connectivity index (χ3v) is 6.84. The van der Waals surface area contributed by atoms with Crippen molar-refractivity contribution in [3.8, 4) is 0 Å². The van der Waals surface area contributed by atoms with Gasteiger partial charge in [-0.3, -0.25) is 0 Å². The average Bonchev–Trinajstić information content (AvgIpc) is 2.89. The van der Waals surface area contributed by atoms with Crippen LogP contribution in [0.4, 0.5) is 0 Å². The van der Waals surface area contributed by atoms with E-state index in [1.807, 2.05) is 0 Å². The van der Waals surface area contributed by atoms with Gasteiger partial charge in [0.1, 0.15) is 4.21 Å². The highest BCUT2D eigenvalue weighted by atomic mass is 32.2. The number of nitrogens with two attached hydrogens (primary N) is 1. The lowest BCUT2D eigenvalue weighted by Gasteiger charge is -2.35. The van der Waals surface area contributed by atoms with Gasteiger partial charge in [-0.1, -0.05) is 0 Å². The number of rotatable bonds is 5. The van der Waals surface area contributed by atoms with Crippen LogP contribution in [0.3, 0.4) is 0 Å². The lowest BCUT2D eigenvalue weighted by molar-refractivity contribution is -0.0515. The molecule has 114 valence electrons. The van der Waals surface area contributed by atoms with E-state index in [1.54, 1.807) is 19.1 Å². The van der Waals surface area contributed by atoms with Crippen LogP contribution >= 0.6 is 11.3 Å². The molecule has 2 unspecified atom stereocenters. The van der Waals surface area contributed by atoms with Gasteiger partial charge in [-0.25, -0.2) is 8.42 Å². The van der Waals surface area contributed by atoms with Gasteiger partial charge >= 0.3 is 0 Å². The average molecular weight is 320 g/mol. The predicted octanol–water partition coefficient (Wildman–Crippen LogP) is 0.0196. The summed E-state index contributed by atoms with van der Waals surface area (Å²) in [6, 6.07) is 3.20. The highest BCUT2D eigenvalue weighted by molar-refractivity contribution is 7.91. The van der Waals surface area contributed by atoms with Crippen molar-refractivity contribution in [3.05, 3.63) is 17.0 Å². The van der Waals surface area contributed by atoms with Gasteiger partial charge in [0.05, 0.1) is 19.3 Å². The van der Waals surface area contributed by atoms with Crippen molar-refractivity contribution in [1.82, 2.24) is 4.31 Å². The van der Waals surface area contributed by atoms with Gasteiger partial charge in [0.2, 0.25) is 0 Å². The van der Waals surface area contributed by atoms with Crippen molar-refractivity contribution in [1.29, 1.82) is 0 Å². The molecular formula is C12H20N2O4S2. The molecule has 8 heteroatoms. The summed E-state index contributed by atoms with van der Waals surface area (Å²) in [5, 5.41) is 9.15. The maximum absolute atomic E-state index is 12.6. The first-order chi connectivity index (χ1) is 9.48. The van der Waals surface area contributed by atoms with Gasteiger partial charge in [0.15, 0.2) is 0 Å². The Bertz CT molecular complexity index is 543. The normalized spacial score (nSPS) is 24.9. The van der Waals surface area contributed by atoms with Gasteiger partial charge in [0.25, 0.3) is 10.0 Å². The molecule has 0 saturated carbocycles. The van der Waals surface area contributed by atoms with E-state index in [9.17, 15) is 8.42 Å². The predicted molar refractivity (Wildman–Crippen MR) is 77.3 cm³/mol. The van der Waals surface area contributed by atoms with E-state index in [1.165, 1.54) is 15.6 Å². The van der Waals surface area contributed by atoms with Crippen molar-refractivity contribution >= 4 is 21.4 Å². The summed E-state index contributed by atoms with van der Waals surface area (Å²) >= 11 is 1.26. The van der Waals surface area contributed by atoms with Gasteiger partial charge in [-0.2, -0.15) is 4.31 Å². The zero-order valence-corrected chi connectivity index (χ0v) is 13.0. The molecule has 1 aliphatic rings. The van der Waals surface area contributed by atoms with Gasteiger partial charge in [0, 0.05) is 17.5 Å². The van der Waals surface area contributed by atoms with E-state index in [-0.39, 0.29) is 19.2 Å². The highest BCUT2D eigenvalue weighted by Crippen LogP contribution is 2.28. The van der Waals surface area contributed by atoms with Crippen LogP contribution in [0.25, 0.3) is 0 Å². The number of hydrogen-bond acceptors (Lipinski definition) is 6. The first kappa shape index (κ1) is 15.9. The number of hydrogen-bond donors (Lipinski definition) is 2. The van der Waals surface area contributed by atoms with Crippen molar-refractivity contribution < 1.29 is 18.3 Å². The smallest absolute Gasteiger partial charge is 0.252 e. The molecule has 1 saturated heterocycles. The Morgan fingerprint density at radius 1 is 1.55 bits per heavy atom. The molecule has 0 amide bonds. The minimum atomic E-state index is -3.53. The number of aliphatic hydroxyl groups excluding tert-OH is 1. The van der Waals surface area contributed by atoms with Crippen molar-refractivity contribution in [2.45, 2.75) is 29.7 Å². The number of thiophene rings is 1. The van der Waals surface area contributed by atoms with E-state index >= 15 is 0 Å². The van der Waals surface area contributed by atoms with Crippen LogP contribution in [-0.2, 0) is 21.2 Å². The maximum atomic E-state index is 12.6. The summed E-state index contributed by atoms with van der Waals surface area (Å²) in [5.41, 5.74) is 5.48. The quantitative estimate of drug-likeness (QED) is 0.798. The molecule has 2 rings (SSSR count). The standard InChI is InChI=1S/C12H20N2O4S2/c1-9-8-18-10(7-15)6-14(9)20(16,17)12-3-2-11(19-12)4-5-13/h2-3,9-10,15H,4-8,13H2,1H3. The van der Waals surface area contributed by atoms with Crippen LogP contribution in [0.5, 0.6) is 0 Å². The van der Waals surface area contributed by atoms with Crippen LogP contribution in [0.15, 0.2) is 16.3 Å². The van der Waals surface area contributed by atoms with E-state index in [0.29, 0.717) is 23.8 Å². The van der Waals surface area contributed by atoms with Crippen LogP contribution in [0.2, 0.25) is 0 Å². The minimum Gasteiger partial charge on any atom is -0.394 e. The van der Waals surface area contributed by atoms with Crippen molar-refractivity contribution in [3.63, 3.8) is 0 Å². The van der Waals surface area contributed by atoms with Crippen LogP contribution in [-0.4, -0.2) is 56.3 Å². The summed E-state index contributed by atoms with van der Waals surface area (Å²) in [7, 11) is -3.53. The Hall–Kier alpha value is -0.510. The molecule has 1 fully saturated rings. The maximum Gasteiger partial charge on any atom is 0.252 e. The molecular weight excluding hydrogens is 300 g/mol. The van der Waals surface area contributed by atoms with Crippen LogP contribution < -0.4 is 5.73 Å². The topological polar surface area (TPSA) is 92.9 Å². The Balaban J connectivity index is 2.23. The molecule has 1 aromatic rings. The Labute approximate surface area is 123 Å². The number of nitrogens with zero attached hydrogens (tertiary/aromatic N) is 1. The zero-order valence-electron chi connectivity index (χ0n) is 11.4. The molecule has 3 N–H and O–H groups in total. The fraction of sp³-hybridized carbons (Fsp3) is 0.667. The number of aliphatic hydroxyl groups is 1. The van der Waals surface area contributed by atoms with Crippen LogP contribution in [0, 0.1) is 0 Å². The summed E-state index contributed by atoms with van der Waals surface area (Å²) in [6.07, 6.45) is 0.224. The Kier molecular flexibility index (Phi) is 5.16. The van der Waals surface area contributed by atoms with E-state index in [4.69, 9.17) is 15.6 Å². The zero-order chi connectivity index (χ0) is 14.8. The molecule has 2 atom stereocenters. The Morgan fingerprint density at radius 2 is 2.30 bits per heavy atom. The van der Waals surface area contributed by atoms with Crippen molar-refractivity contribution in [2.75, 3.05) is 26.3 Å². The largest absolute Gasteiger partial charge is 0.394 e.